The van der Waals surface area contributed by atoms with Crippen molar-refractivity contribution in [1.29, 1.82) is 0 Å². The molecular formula is C8H18N2O4. The first-order valence-electron chi connectivity index (χ1n) is 4.60. The van der Waals surface area contributed by atoms with Gasteiger partial charge in [-0.15, -0.1) is 0 Å². The normalized spacial score (nSPS) is 12.9. The summed E-state index contributed by atoms with van der Waals surface area (Å²) >= 11 is 0. The zero-order valence-electron chi connectivity index (χ0n) is 8.31. The molecule has 6 heteroatoms. The molecule has 84 valence electrons. The number of carbonyl (C=O) groups is 1. The molecule has 0 aromatic carbocycles. The maximum atomic E-state index is 10.4. The summed E-state index contributed by atoms with van der Waals surface area (Å²) in [6.07, 6.45) is -0.865. The lowest BCUT2D eigenvalue weighted by atomic mass is 10.3. The Balaban J connectivity index is 4.16. The summed E-state index contributed by atoms with van der Waals surface area (Å²) in [5.41, 5.74) is 0. The molecule has 6 nitrogen and oxygen atoms in total. The molecule has 0 aliphatic carbocycles. The summed E-state index contributed by atoms with van der Waals surface area (Å²) in [6, 6.07) is 0. The van der Waals surface area contributed by atoms with Gasteiger partial charge in [-0.2, -0.15) is 0 Å². The summed E-state index contributed by atoms with van der Waals surface area (Å²) in [7, 11) is 0. The molecule has 0 radical (unpaired) electrons. The number of aliphatic hydroxyl groups is 2. The van der Waals surface area contributed by atoms with Gasteiger partial charge in [0.2, 0.25) is 0 Å². The number of nitrogens with one attached hydrogen (secondary N) is 1. The van der Waals surface area contributed by atoms with Gasteiger partial charge in [-0.1, -0.05) is 6.92 Å². The quantitative estimate of drug-likeness (QED) is 0.412. The van der Waals surface area contributed by atoms with Crippen LogP contribution in [0.2, 0.25) is 0 Å². The first kappa shape index (κ1) is 13.2. The lowest BCUT2D eigenvalue weighted by Crippen LogP contribution is -2.49. The third kappa shape index (κ3) is 5.00. The fraction of sp³-hybridized carbons (Fsp3) is 0.875. The Morgan fingerprint density at radius 1 is 1.36 bits per heavy atom. The molecule has 1 atom stereocenters. The van der Waals surface area contributed by atoms with Gasteiger partial charge in [-0.05, 0) is 6.42 Å². The molecule has 0 fully saturated rings. The fourth-order valence-electron chi connectivity index (χ4n) is 1.27. The van der Waals surface area contributed by atoms with Gasteiger partial charge in [-0.25, -0.2) is 4.79 Å². The van der Waals surface area contributed by atoms with E-state index < -0.39 is 6.09 Å². The van der Waals surface area contributed by atoms with Crippen molar-refractivity contribution in [2.75, 3.05) is 26.3 Å². The van der Waals surface area contributed by atoms with Crippen LogP contribution in [-0.4, -0.2) is 58.8 Å². The van der Waals surface area contributed by atoms with E-state index in [0.29, 0.717) is 19.5 Å². The van der Waals surface area contributed by atoms with Gasteiger partial charge in [0, 0.05) is 13.1 Å². The van der Waals surface area contributed by atoms with E-state index in [0.717, 1.165) is 0 Å². The third-order valence-corrected chi connectivity index (χ3v) is 1.89. The van der Waals surface area contributed by atoms with Crippen LogP contribution in [0.25, 0.3) is 0 Å². The minimum atomic E-state index is -1.10. The predicted octanol–water partition coefficient (Wildman–Crippen LogP) is -0.723. The van der Waals surface area contributed by atoms with Gasteiger partial charge in [0.1, 0.15) is 0 Å². The highest BCUT2D eigenvalue weighted by atomic mass is 16.4. The molecule has 0 rings (SSSR count). The Morgan fingerprint density at radius 2 is 1.86 bits per heavy atom. The number of rotatable bonds is 7. The molecular weight excluding hydrogens is 188 g/mol. The largest absolute Gasteiger partial charge is 0.465 e. The topological polar surface area (TPSA) is 93.0 Å². The van der Waals surface area contributed by atoms with Crippen LogP contribution in [0.1, 0.15) is 13.3 Å². The number of hydrogen-bond acceptors (Lipinski definition) is 4. The van der Waals surface area contributed by atoms with E-state index >= 15 is 0 Å². The molecule has 14 heavy (non-hydrogen) atoms. The number of amides is 1. The molecule has 0 aliphatic rings. The maximum Gasteiger partial charge on any atom is 0.405 e. The molecule has 1 unspecified atom stereocenters. The minimum absolute atomic E-state index is 0.0577. The van der Waals surface area contributed by atoms with Crippen molar-refractivity contribution in [2.45, 2.75) is 19.5 Å². The van der Waals surface area contributed by atoms with Gasteiger partial charge in [0.15, 0.2) is 0 Å². The van der Waals surface area contributed by atoms with Crippen molar-refractivity contribution in [2.24, 2.45) is 0 Å². The average molecular weight is 206 g/mol. The van der Waals surface area contributed by atoms with Gasteiger partial charge in [0.25, 0.3) is 0 Å². The van der Waals surface area contributed by atoms with Crippen LogP contribution in [0.15, 0.2) is 0 Å². The SMILES string of the molecule is CCC(NC(=O)O)N(CCO)CCO. The molecule has 0 saturated carbocycles. The highest BCUT2D eigenvalue weighted by Crippen LogP contribution is 2.00. The van der Waals surface area contributed by atoms with Gasteiger partial charge in [-0.3, -0.25) is 4.90 Å². The zero-order chi connectivity index (χ0) is 11.0. The summed E-state index contributed by atoms with van der Waals surface area (Å²) in [6.45, 7) is 2.41. The van der Waals surface area contributed by atoms with Crippen molar-refractivity contribution >= 4 is 6.09 Å². The Bertz CT molecular complexity index is 159. The molecule has 0 heterocycles. The number of nitrogens with zero attached hydrogens (tertiary/aromatic N) is 1. The monoisotopic (exact) mass is 206 g/mol. The van der Waals surface area contributed by atoms with Crippen molar-refractivity contribution in [1.82, 2.24) is 10.2 Å². The maximum absolute atomic E-state index is 10.4. The smallest absolute Gasteiger partial charge is 0.405 e. The van der Waals surface area contributed by atoms with E-state index in [2.05, 4.69) is 5.32 Å². The Morgan fingerprint density at radius 3 is 2.14 bits per heavy atom. The summed E-state index contributed by atoms with van der Waals surface area (Å²) in [4.78, 5) is 12.1. The van der Waals surface area contributed by atoms with Crippen molar-refractivity contribution in [3.8, 4) is 0 Å². The van der Waals surface area contributed by atoms with Crippen LogP contribution in [0.3, 0.4) is 0 Å². The lowest BCUT2D eigenvalue weighted by Gasteiger charge is -2.29. The third-order valence-electron chi connectivity index (χ3n) is 1.89. The van der Waals surface area contributed by atoms with Gasteiger partial charge >= 0.3 is 6.09 Å². The Hall–Kier alpha value is -0.850. The number of hydrogen-bond donors (Lipinski definition) is 4. The Kier molecular flexibility index (Phi) is 7.09. The van der Waals surface area contributed by atoms with E-state index in [1.807, 2.05) is 6.92 Å². The summed E-state index contributed by atoms with van der Waals surface area (Å²) in [5.74, 6) is 0. The summed E-state index contributed by atoms with van der Waals surface area (Å²) in [5, 5.41) is 28.3. The van der Waals surface area contributed by atoms with E-state index in [4.69, 9.17) is 15.3 Å². The zero-order valence-corrected chi connectivity index (χ0v) is 8.31. The van der Waals surface area contributed by atoms with Crippen LogP contribution in [0.4, 0.5) is 4.79 Å². The fourth-order valence-corrected chi connectivity index (χ4v) is 1.27. The first-order valence-corrected chi connectivity index (χ1v) is 4.60. The van der Waals surface area contributed by atoms with Crippen molar-refractivity contribution in [3.63, 3.8) is 0 Å². The number of carboxylic acid groups (broad SMARTS) is 1. The second-order valence-electron chi connectivity index (χ2n) is 2.86. The van der Waals surface area contributed by atoms with Crippen LogP contribution in [0, 0.1) is 0 Å². The van der Waals surface area contributed by atoms with Crippen LogP contribution < -0.4 is 5.32 Å². The highest BCUT2D eigenvalue weighted by Gasteiger charge is 2.17. The molecule has 0 aliphatic heterocycles. The van der Waals surface area contributed by atoms with Gasteiger partial charge in [0.05, 0.1) is 19.4 Å². The average Bonchev–Trinajstić information content (AvgIpc) is 2.13. The highest BCUT2D eigenvalue weighted by molar-refractivity contribution is 5.64. The molecule has 0 spiro atoms. The van der Waals surface area contributed by atoms with Crippen LogP contribution >= 0.6 is 0 Å². The van der Waals surface area contributed by atoms with E-state index in [1.165, 1.54) is 0 Å². The standard InChI is InChI=1S/C8H18N2O4/c1-2-7(9-8(13)14)10(3-5-11)4-6-12/h7,9,11-12H,2-6H2,1H3,(H,13,14). The Labute approximate surface area is 83.1 Å². The lowest BCUT2D eigenvalue weighted by molar-refractivity contribution is 0.0974. The van der Waals surface area contributed by atoms with Crippen molar-refractivity contribution in [3.05, 3.63) is 0 Å². The molecule has 1 amide bonds. The summed E-state index contributed by atoms with van der Waals surface area (Å²) < 4.78 is 0. The molecule has 0 saturated heterocycles. The van der Waals surface area contributed by atoms with Crippen molar-refractivity contribution < 1.29 is 20.1 Å². The van der Waals surface area contributed by atoms with Crippen LogP contribution in [0.5, 0.6) is 0 Å². The number of aliphatic hydroxyl groups excluding tert-OH is 2. The first-order chi connectivity index (χ1) is 6.65. The van der Waals surface area contributed by atoms with Gasteiger partial charge < -0.3 is 20.6 Å². The molecule has 0 bridgehead atoms. The van der Waals surface area contributed by atoms with E-state index in [1.54, 1.807) is 4.90 Å². The van der Waals surface area contributed by atoms with E-state index in [9.17, 15) is 4.79 Å². The molecule has 0 aromatic heterocycles. The molecule has 0 aromatic rings. The second-order valence-corrected chi connectivity index (χ2v) is 2.86. The minimum Gasteiger partial charge on any atom is -0.465 e. The predicted molar refractivity (Wildman–Crippen MR) is 51.0 cm³/mol. The second kappa shape index (κ2) is 7.54. The molecule has 4 N–H and O–H groups in total. The van der Waals surface area contributed by atoms with Crippen LogP contribution in [-0.2, 0) is 0 Å². The van der Waals surface area contributed by atoms with E-state index in [-0.39, 0.29) is 19.4 Å².